The minimum absolute atomic E-state index is 0.595. The molecule has 0 saturated heterocycles. The molecule has 0 fully saturated rings. The Morgan fingerprint density at radius 3 is 2.27 bits per heavy atom. The van der Waals surface area contributed by atoms with Crippen LogP contribution in [0.1, 0.15) is 28.4 Å². The van der Waals surface area contributed by atoms with Crippen molar-refractivity contribution in [3.63, 3.8) is 0 Å². The number of aliphatic hydroxyl groups is 1. The van der Waals surface area contributed by atoms with Gasteiger partial charge in [-0.3, -0.25) is 0 Å². The van der Waals surface area contributed by atoms with Crippen molar-refractivity contribution in [2.45, 2.75) is 20.0 Å². The number of furan rings is 1. The van der Waals surface area contributed by atoms with Gasteiger partial charge in [0.25, 0.3) is 0 Å². The highest BCUT2D eigenvalue weighted by Gasteiger charge is 2.11. The van der Waals surface area contributed by atoms with Gasteiger partial charge in [-0.2, -0.15) is 0 Å². The Morgan fingerprint density at radius 1 is 1.07 bits per heavy atom. The van der Waals surface area contributed by atoms with E-state index in [1.54, 1.807) is 18.6 Å². The fourth-order valence-corrected chi connectivity index (χ4v) is 1.79. The summed E-state index contributed by atoms with van der Waals surface area (Å²) in [4.78, 5) is 0. The van der Waals surface area contributed by atoms with Crippen molar-refractivity contribution in [3.05, 3.63) is 59.0 Å². The number of rotatable bonds is 2. The van der Waals surface area contributed by atoms with Gasteiger partial charge < -0.3 is 9.52 Å². The molecule has 2 aromatic rings. The van der Waals surface area contributed by atoms with Gasteiger partial charge in [0.15, 0.2) is 0 Å². The molecule has 1 heterocycles. The highest BCUT2D eigenvalue weighted by Crippen LogP contribution is 2.23. The molecule has 0 radical (unpaired) electrons. The Kier molecular flexibility index (Phi) is 2.60. The van der Waals surface area contributed by atoms with E-state index in [9.17, 15) is 5.11 Å². The first-order valence-electron chi connectivity index (χ1n) is 4.95. The van der Waals surface area contributed by atoms with E-state index in [-0.39, 0.29) is 0 Å². The lowest BCUT2D eigenvalue weighted by Gasteiger charge is -2.10. The fraction of sp³-hybridized carbons (Fsp3) is 0.231. The van der Waals surface area contributed by atoms with Gasteiger partial charge in [0, 0.05) is 5.56 Å². The highest BCUT2D eigenvalue weighted by molar-refractivity contribution is 5.34. The quantitative estimate of drug-likeness (QED) is 0.812. The molecule has 2 nitrogen and oxygen atoms in total. The third kappa shape index (κ3) is 2.10. The minimum atomic E-state index is -0.595. The monoisotopic (exact) mass is 202 g/mol. The summed E-state index contributed by atoms with van der Waals surface area (Å²) in [5.41, 5.74) is 4.02. The van der Waals surface area contributed by atoms with E-state index >= 15 is 0 Å². The number of benzene rings is 1. The summed E-state index contributed by atoms with van der Waals surface area (Å²) in [6.45, 7) is 4.05. The van der Waals surface area contributed by atoms with Gasteiger partial charge in [-0.05, 0) is 25.5 Å². The molecule has 0 spiro atoms. The van der Waals surface area contributed by atoms with Crippen molar-refractivity contribution in [1.29, 1.82) is 0 Å². The van der Waals surface area contributed by atoms with Crippen LogP contribution in [0.3, 0.4) is 0 Å². The highest BCUT2D eigenvalue weighted by atomic mass is 16.3. The summed E-state index contributed by atoms with van der Waals surface area (Å²) in [7, 11) is 0. The molecule has 0 aliphatic heterocycles. The van der Waals surface area contributed by atoms with E-state index in [1.807, 2.05) is 26.0 Å². The standard InChI is InChI=1S/C13H14O2/c1-9-5-10(2)7-12(6-9)13(14)11-3-4-15-8-11/h3-8,13-14H,1-2H3/t13-/m0/s1. The van der Waals surface area contributed by atoms with E-state index in [2.05, 4.69) is 6.07 Å². The summed E-state index contributed by atoms with van der Waals surface area (Å²) in [5, 5.41) is 10.1. The largest absolute Gasteiger partial charge is 0.472 e. The van der Waals surface area contributed by atoms with Gasteiger partial charge in [-0.25, -0.2) is 0 Å². The second-order valence-corrected chi connectivity index (χ2v) is 3.88. The molecule has 0 aliphatic carbocycles. The average Bonchev–Trinajstić information content (AvgIpc) is 2.67. The second kappa shape index (κ2) is 3.91. The van der Waals surface area contributed by atoms with Gasteiger partial charge >= 0.3 is 0 Å². The first kappa shape index (κ1) is 9.99. The molecule has 0 amide bonds. The zero-order valence-electron chi connectivity index (χ0n) is 8.90. The van der Waals surface area contributed by atoms with Crippen molar-refractivity contribution in [2.75, 3.05) is 0 Å². The van der Waals surface area contributed by atoms with Crippen LogP contribution in [0.25, 0.3) is 0 Å². The van der Waals surface area contributed by atoms with E-state index < -0.39 is 6.10 Å². The predicted octanol–water partition coefficient (Wildman–Crippen LogP) is 2.98. The molecule has 0 aliphatic rings. The number of hydrogen-bond acceptors (Lipinski definition) is 2. The summed E-state index contributed by atoms with van der Waals surface area (Å²) < 4.78 is 4.96. The zero-order valence-corrected chi connectivity index (χ0v) is 8.90. The molecule has 1 atom stereocenters. The minimum Gasteiger partial charge on any atom is -0.472 e. The van der Waals surface area contributed by atoms with Crippen LogP contribution < -0.4 is 0 Å². The Labute approximate surface area is 89.2 Å². The lowest BCUT2D eigenvalue weighted by Crippen LogP contribution is -1.98. The Bertz CT molecular complexity index is 423. The Morgan fingerprint density at radius 2 is 1.73 bits per heavy atom. The van der Waals surface area contributed by atoms with Crippen molar-refractivity contribution in [2.24, 2.45) is 0 Å². The van der Waals surface area contributed by atoms with Crippen LogP contribution in [0.15, 0.2) is 41.2 Å². The average molecular weight is 202 g/mol. The molecule has 0 saturated carbocycles. The van der Waals surface area contributed by atoms with Gasteiger partial charge in [0.1, 0.15) is 6.10 Å². The molecule has 2 rings (SSSR count). The van der Waals surface area contributed by atoms with E-state index in [0.717, 1.165) is 22.3 Å². The normalized spacial score (nSPS) is 12.7. The smallest absolute Gasteiger partial charge is 0.107 e. The first-order valence-corrected chi connectivity index (χ1v) is 4.95. The molecule has 1 aromatic heterocycles. The number of hydrogen-bond donors (Lipinski definition) is 1. The maximum Gasteiger partial charge on any atom is 0.107 e. The van der Waals surface area contributed by atoms with Crippen LogP contribution in [0, 0.1) is 13.8 Å². The lowest BCUT2D eigenvalue weighted by molar-refractivity contribution is 0.219. The van der Waals surface area contributed by atoms with Gasteiger partial charge in [-0.1, -0.05) is 29.3 Å². The van der Waals surface area contributed by atoms with Gasteiger partial charge in [0.05, 0.1) is 12.5 Å². The SMILES string of the molecule is Cc1cc(C)cc([C@@H](O)c2ccoc2)c1. The number of aryl methyl sites for hydroxylation is 2. The molecule has 15 heavy (non-hydrogen) atoms. The third-order valence-electron chi connectivity index (χ3n) is 2.42. The molecular weight excluding hydrogens is 188 g/mol. The summed E-state index contributed by atoms with van der Waals surface area (Å²) in [6, 6.07) is 7.85. The van der Waals surface area contributed by atoms with Crippen LogP contribution in [-0.4, -0.2) is 5.11 Å². The zero-order chi connectivity index (χ0) is 10.8. The molecule has 0 unspecified atom stereocenters. The van der Waals surface area contributed by atoms with Gasteiger partial charge in [-0.15, -0.1) is 0 Å². The topological polar surface area (TPSA) is 33.4 Å². The second-order valence-electron chi connectivity index (χ2n) is 3.88. The van der Waals surface area contributed by atoms with Crippen molar-refractivity contribution in [3.8, 4) is 0 Å². The Hall–Kier alpha value is -1.54. The van der Waals surface area contributed by atoms with Crippen LogP contribution >= 0.6 is 0 Å². The van der Waals surface area contributed by atoms with E-state index in [1.165, 1.54) is 0 Å². The first-order chi connectivity index (χ1) is 7.16. The number of aliphatic hydroxyl groups excluding tert-OH is 1. The molecular formula is C13H14O2. The molecule has 0 bridgehead atoms. The lowest BCUT2D eigenvalue weighted by atomic mass is 10.00. The molecule has 1 N–H and O–H groups in total. The van der Waals surface area contributed by atoms with Crippen LogP contribution in [-0.2, 0) is 0 Å². The fourth-order valence-electron chi connectivity index (χ4n) is 1.79. The third-order valence-corrected chi connectivity index (χ3v) is 2.42. The summed E-state index contributed by atoms with van der Waals surface area (Å²) in [6.07, 6.45) is 2.55. The molecule has 78 valence electrons. The van der Waals surface area contributed by atoms with Crippen LogP contribution in [0.2, 0.25) is 0 Å². The summed E-state index contributed by atoms with van der Waals surface area (Å²) in [5.74, 6) is 0. The van der Waals surface area contributed by atoms with E-state index in [0.29, 0.717) is 0 Å². The van der Waals surface area contributed by atoms with Crippen LogP contribution in [0.5, 0.6) is 0 Å². The van der Waals surface area contributed by atoms with Gasteiger partial charge in [0.2, 0.25) is 0 Å². The maximum absolute atomic E-state index is 10.1. The van der Waals surface area contributed by atoms with Crippen molar-refractivity contribution < 1.29 is 9.52 Å². The van der Waals surface area contributed by atoms with Crippen molar-refractivity contribution in [1.82, 2.24) is 0 Å². The Balaban J connectivity index is 2.37. The molecule has 2 heteroatoms. The molecule has 1 aromatic carbocycles. The predicted molar refractivity (Wildman–Crippen MR) is 58.7 cm³/mol. The summed E-state index contributed by atoms with van der Waals surface area (Å²) >= 11 is 0. The van der Waals surface area contributed by atoms with Crippen LogP contribution in [0.4, 0.5) is 0 Å². The van der Waals surface area contributed by atoms with Crippen molar-refractivity contribution >= 4 is 0 Å². The maximum atomic E-state index is 10.1. The van der Waals surface area contributed by atoms with E-state index in [4.69, 9.17) is 4.42 Å².